The monoisotopic (exact) mass is 2010 g/mol. The highest BCUT2D eigenvalue weighted by molar-refractivity contribution is 6.62. The minimum atomic E-state index is -1.13. The van der Waals surface area contributed by atoms with Crippen molar-refractivity contribution in [3.05, 3.63) is 213 Å². The summed E-state index contributed by atoms with van der Waals surface area (Å²) in [6.07, 6.45) is 16.5. The average molecular weight is 2010 g/mol. The Bertz CT molecular complexity index is 7140. The van der Waals surface area contributed by atoms with Crippen LogP contribution in [0.2, 0.25) is 15.1 Å². The Balaban J connectivity index is 0.000000119. The predicted molar refractivity (Wildman–Crippen MR) is 537 cm³/mol. The van der Waals surface area contributed by atoms with Gasteiger partial charge in [0.25, 0.3) is 11.8 Å². The highest BCUT2D eigenvalue weighted by atomic mass is 35.5. The number of aromatic nitrogens is 8. The first kappa shape index (κ1) is 100. The molecule has 23 rings (SSSR count). The van der Waals surface area contributed by atoms with Crippen molar-refractivity contribution in [1.82, 2.24) is 55.0 Å². The Hall–Kier alpha value is -13.7. The number of nitriles is 2. The van der Waals surface area contributed by atoms with Crippen LogP contribution in [0.3, 0.4) is 0 Å². The number of carbonyl (C=O) groups is 4. The Morgan fingerprint density at radius 2 is 0.819 bits per heavy atom. The normalized spacial score (nSPS) is 19.6. The SMILES string of the molecule is C1NCC2COCC12.CC1(C)OB(c2ccc(NC3CCOCC3)c(C#N)c2)OC1(C)C.COC(=O)c1cc(OC)c(-c2cc3nccc(Cl)c3o2)cn1.COc1cc(C(=O)N2CC3COCC3C2)ncc1-c1cc2nccc(-c3ccc(NC4CCOCC4)c(C#N)c3)c2o1.COc1cc(C(=O)O)ncc1-c1cc2nccc(Cl)c2o1.Cc1cc(C(=O)N2CC3COCC3C2)ncc1-c1cc2nccc(Cl)c2o1. The zero-order chi connectivity index (χ0) is 101. The molecule has 12 aromatic heterocycles. The molecular weight excluding hydrogens is 1910 g/mol. The summed E-state index contributed by atoms with van der Waals surface area (Å²) in [6.45, 7) is 23.2. The largest absolute Gasteiger partial charge is 0.496 e. The highest BCUT2D eigenvalue weighted by Crippen LogP contribution is 2.44. The van der Waals surface area contributed by atoms with Crippen LogP contribution in [0.4, 0.5) is 11.4 Å². The molecule has 0 spiro atoms. The molecule has 0 bridgehead atoms. The van der Waals surface area contributed by atoms with E-state index in [0.717, 1.165) is 143 Å². The molecule has 21 heterocycles. The molecule has 9 saturated heterocycles. The maximum absolute atomic E-state index is 13.2. The topological polar surface area (TPSA) is 436 Å². The van der Waals surface area contributed by atoms with Gasteiger partial charge in [0.05, 0.1) is 134 Å². The van der Waals surface area contributed by atoms with Crippen LogP contribution in [0.15, 0.2) is 176 Å². The third-order valence-electron chi connectivity index (χ3n) is 27.5. The number of rotatable bonds is 17. The molecule has 2 aromatic carbocycles. The number of hydrogen-bond donors (Lipinski definition) is 4. The number of amides is 2. The van der Waals surface area contributed by atoms with Crippen molar-refractivity contribution in [2.75, 3.05) is 144 Å². The van der Waals surface area contributed by atoms with E-state index in [1.165, 1.54) is 58.9 Å². The lowest BCUT2D eigenvalue weighted by molar-refractivity contribution is 0.00578. The quantitative estimate of drug-likeness (QED) is 0.0486. The van der Waals surface area contributed by atoms with Gasteiger partial charge in [-0.25, -0.2) is 19.6 Å². The summed E-state index contributed by atoms with van der Waals surface area (Å²) < 4.78 is 83.7. The molecule has 35 nitrogen and oxygen atoms in total. The molecule has 0 saturated carbocycles. The van der Waals surface area contributed by atoms with E-state index in [4.69, 9.17) is 105 Å². The molecule has 144 heavy (non-hydrogen) atoms. The summed E-state index contributed by atoms with van der Waals surface area (Å²) in [5.41, 5.74) is 13.6. The van der Waals surface area contributed by atoms with Gasteiger partial charge in [-0.1, -0.05) is 46.9 Å². The minimum absolute atomic E-state index is 0.0200. The van der Waals surface area contributed by atoms with Crippen molar-refractivity contribution in [2.24, 2.45) is 35.5 Å². The van der Waals surface area contributed by atoms with Crippen LogP contribution in [0.5, 0.6) is 17.2 Å². The van der Waals surface area contributed by atoms with Gasteiger partial charge < -0.3 is 100 Å². The fourth-order valence-electron chi connectivity index (χ4n) is 18.7. The first-order valence-corrected chi connectivity index (χ1v) is 48.4. The molecule has 0 aliphatic carbocycles. The number of pyridine rings is 8. The van der Waals surface area contributed by atoms with Gasteiger partial charge in [-0.3, -0.25) is 39.5 Å². The molecule has 2 amide bonds. The summed E-state index contributed by atoms with van der Waals surface area (Å²) in [7, 11) is 5.35. The molecule has 4 N–H and O–H groups in total. The number of halogens is 3. The van der Waals surface area contributed by atoms with E-state index in [9.17, 15) is 29.7 Å². The Morgan fingerprint density at radius 1 is 0.444 bits per heavy atom. The second kappa shape index (κ2) is 44.2. The number of carbonyl (C=O) groups excluding carboxylic acids is 3. The number of carboxylic acid groups (broad SMARTS) is 1. The van der Waals surface area contributed by atoms with Crippen LogP contribution < -0.4 is 35.6 Å². The number of fused-ring (bicyclic) bond motifs is 7. The second-order valence-corrected chi connectivity index (χ2v) is 38.4. The fourth-order valence-corrected chi connectivity index (χ4v) is 19.3. The van der Waals surface area contributed by atoms with Gasteiger partial charge in [0.1, 0.15) is 85.9 Å². The molecule has 0 radical (unpaired) electrons. The van der Waals surface area contributed by atoms with Crippen molar-refractivity contribution >= 4 is 127 Å². The van der Waals surface area contributed by atoms with Gasteiger partial charge in [0.2, 0.25) is 0 Å². The van der Waals surface area contributed by atoms with E-state index in [1.807, 2.05) is 105 Å². The maximum atomic E-state index is 13.2. The Morgan fingerprint density at radius 3 is 1.24 bits per heavy atom. The molecular formula is C105H105BCl3N15O20. The van der Waals surface area contributed by atoms with Gasteiger partial charge in [-0.2, -0.15) is 10.5 Å². The number of likely N-dealkylation sites (tertiary alicyclic amines) is 2. The molecule has 6 atom stereocenters. The van der Waals surface area contributed by atoms with E-state index < -0.39 is 19.1 Å². The number of methoxy groups -OCH3 is 4. The minimum Gasteiger partial charge on any atom is -0.496 e. The third-order valence-corrected chi connectivity index (χ3v) is 28.4. The number of esters is 1. The number of benzene rings is 2. The fraction of sp³-hybridized carbons (Fsp3) is 0.371. The van der Waals surface area contributed by atoms with Gasteiger partial charge in [-0.05, 0) is 131 Å². The summed E-state index contributed by atoms with van der Waals surface area (Å²) in [6, 6.07) is 37.1. The zero-order valence-electron chi connectivity index (χ0n) is 80.6. The van der Waals surface area contributed by atoms with Crippen LogP contribution >= 0.6 is 34.8 Å². The maximum Gasteiger partial charge on any atom is 0.494 e. The molecule has 14 aromatic rings. The smallest absolute Gasteiger partial charge is 0.494 e. The van der Waals surface area contributed by atoms with E-state index in [-0.39, 0.29) is 40.4 Å². The van der Waals surface area contributed by atoms with Crippen molar-refractivity contribution in [1.29, 1.82) is 10.5 Å². The lowest BCUT2D eigenvalue weighted by Gasteiger charge is -2.32. The van der Waals surface area contributed by atoms with Crippen LogP contribution in [-0.4, -0.2) is 243 Å². The van der Waals surface area contributed by atoms with Gasteiger partial charge in [-0.15, -0.1) is 0 Å². The van der Waals surface area contributed by atoms with E-state index in [2.05, 4.69) is 72.7 Å². The number of nitrogens with zero attached hydrogens (tertiary/aromatic N) is 12. The van der Waals surface area contributed by atoms with E-state index in [0.29, 0.717) is 195 Å². The molecule has 9 aliphatic heterocycles. The van der Waals surface area contributed by atoms with Crippen LogP contribution in [-0.2, 0) is 37.7 Å². The summed E-state index contributed by atoms with van der Waals surface area (Å²) in [4.78, 5) is 86.2. The summed E-state index contributed by atoms with van der Waals surface area (Å²) >= 11 is 18.3. The number of anilines is 2. The molecule has 6 unspecified atom stereocenters. The first-order valence-electron chi connectivity index (χ1n) is 47.3. The van der Waals surface area contributed by atoms with Crippen LogP contribution in [0.25, 0.3) is 101 Å². The average Bonchev–Trinajstić information content (AvgIpc) is 1.62. The Kier molecular flexibility index (Phi) is 30.8. The van der Waals surface area contributed by atoms with Crippen molar-refractivity contribution in [3.8, 4) is 85.8 Å². The molecule has 39 heteroatoms. The van der Waals surface area contributed by atoms with E-state index >= 15 is 0 Å². The lowest BCUT2D eigenvalue weighted by atomic mass is 9.78. The number of nitrogens with one attached hydrogen (secondary N) is 3. The van der Waals surface area contributed by atoms with Crippen molar-refractivity contribution in [3.63, 3.8) is 0 Å². The Labute approximate surface area is 843 Å². The van der Waals surface area contributed by atoms with E-state index in [1.54, 1.807) is 80.7 Å². The second-order valence-electron chi connectivity index (χ2n) is 37.2. The number of carboxylic acids is 1. The predicted octanol–water partition coefficient (Wildman–Crippen LogP) is 17.2. The standard InChI is InChI=1S/C32H31N5O5.C20H18ClN3O3.C18H25BN2O3.C15H11ClN2O4.C14H9ClN2O4.C6H11NO/c1-39-29-12-28(32(38)37-15-21-17-41-18-22(21)16-37)35-14-25(29)30-11-27-31(42-30)24(4-7-34-27)19-2-3-26(20(10-19)13-33)36-23-5-8-40-9-6-23;1-11-4-17(20(25)24-7-12-9-26-10-13(12)8-24)23-6-14(11)18-5-16-19(27-18)15(21)2-3-22-16;1-17(2)18(3,4)24-19(23-17)14-5-6-16(13(11-14)12-20)21-15-7-9-22-10-8-15;1-20-12-6-11(15(19)21-2)18-7-8(12)13-5-10-14(22-13)9(16)3-4-17-10;1-20-11-5-10(14(18)19)17-6-7(11)12-4-9-13(21-12)8(15)2-3-16-9;1-5-3-8-4-6(5)2-7-1/h2-4,7,10-12,14,21-23,36H,5-6,8-9,15-18H2,1H3;2-6,12-13H,7-10H2,1H3;5-6,11,15,21H,7-10H2,1-4H3;3-7H,1-2H3;2-6H,1H3,(H,18,19);5-7H,1-4H2. The highest BCUT2D eigenvalue weighted by Gasteiger charge is 2.52. The number of ether oxygens (including phenoxy) is 9. The van der Waals surface area contributed by atoms with Crippen molar-refractivity contribution in [2.45, 2.75) is 83.6 Å². The molecule has 744 valence electrons. The van der Waals surface area contributed by atoms with Crippen LogP contribution in [0.1, 0.15) is 112 Å². The van der Waals surface area contributed by atoms with Crippen LogP contribution in [0, 0.1) is 65.1 Å². The van der Waals surface area contributed by atoms with Gasteiger partial charge in [0, 0.05) is 216 Å². The number of furan rings is 4. The molecule has 9 fully saturated rings. The number of aromatic carboxylic acids is 1. The number of aryl methyl sites for hydroxylation is 1. The summed E-state index contributed by atoms with van der Waals surface area (Å²) in [5, 5.41) is 40.1. The molecule has 9 aliphatic rings. The first-order chi connectivity index (χ1) is 69.7. The third kappa shape index (κ3) is 22.0. The summed E-state index contributed by atoms with van der Waals surface area (Å²) in [5.74, 6) is 4.99. The zero-order valence-corrected chi connectivity index (χ0v) is 82.8. The lowest BCUT2D eigenvalue weighted by Crippen LogP contribution is -2.41. The van der Waals surface area contributed by atoms with Crippen molar-refractivity contribution < 1.29 is 93.9 Å². The number of hydrogen-bond acceptors (Lipinski definition) is 32. The van der Waals surface area contributed by atoms with Gasteiger partial charge >= 0.3 is 19.1 Å². The van der Waals surface area contributed by atoms with Gasteiger partial charge in [0.15, 0.2) is 33.7 Å².